The summed E-state index contributed by atoms with van der Waals surface area (Å²) in [6.45, 7) is 3.73. The summed E-state index contributed by atoms with van der Waals surface area (Å²) < 4.78 is 5.06. The van der Waals surface area contributed by atoms with E-state index in [-0.39, 0.29) is 12.1 Å². The lowest BCUT2D eigenvalue weighted by atomic mass is 10.3. The third-order valence-corrected chi connectivity index (χ3v) is 2.15. The van der Waals surface area contributed by atoms with E-state index in [0.717, 1.165) is 12.8 Å². The van der Waals surface area contributed by atoms with Crippen LogP contribution in [0.4, 0.5) is 0 Å². The molecule has 0 N–H and O–H groups in total. The summed E-state index contributed by atoms with van der Waals surface area (Å²) in [4.78, 5) is 10.9. The molecule has 1 aliphatic rings. The molecule has 1 aliphatic carbocycles. The van der Waals surface area contributed by atoms with Gasteiger partial charge in [0, 0.05) is 0 Å². The van der Waals surface area contributed by atoms with Crippen LogP contribution < -0.4 is 0 Å². The van der Waals surface area contributed by atoms with Crippen molar-refractivity contribution in [1.82, 2.24) is 0 Å². The van der Waals surface area contributed by atoms with Gasteiger partial charge in [0.05, 0.1) is 0 Å². The molecule has 2 nitrogen and oxygen atoms in total. The lowest BCUT2D eigenvalue weighted by Crippen LogP contribution is -2.16. The maximum absolute atomic E-state index is 10.9. The number of hydrogen-bond acceptors (Lipinski definition) is 2. The number of carbonyl (C=O) groups is 1. The first-order chi connectivity index (χ1) is 5.15. The van der Waals surface area contributed by atoms with Crippen molar-refractivity contribution in [2.75, 3.05) is 0 Å². The second kappa shape index (κ2) is 3.44. The Hall–Kier alpha value is -0.240. The number of alkyl halides is 1. The van der Waals surface area contributed by atoms with Gasteiger partial charge in [0.2, 0.25) is 0 Å². The number of rotatable bonds is 3. The Balaban J connectivity index is 2.18. The molecular weight excluding hydrogens is 164 g/mol. The Morgan fingerprint density at radius 2 is 2.45 bits per heavy atom. The molecule has 0 heterocycles. The largest absolute Gasteiger partial charge is 0.461 e. The average molecular weight is 177 g/mol. The molecule has 11 heavy (non-hydrogen) atoms. The van der Waals surface area contributed by atoms with Crippen molar-refractivity contribution in [3.63, 3.8) is 0 Å². The van der Waals surface area contributed by atoms with Crippen LogP contribution in [0.5, 0.6) is 0 Å². The first kappa shape index (κ1) is 8.85. The summed E-state index contributed by atoms with van der Waals surface area (Å²) in [5.41, 5.74) is 0. The fraction of sp³-hybridized carbons (Fsp3) is 0.875. The van der Waals surface area contributed by atoms with E-state index >= 15 is 0 Å². The third-order valence-electron chi connectivity index (χ3n) is 1.97. The molecule has 1 saturated carbocycles. The molecule has 3 atom stereocenters. The van der Waals surface area contributed by atoms with E-state index in [1.807, 2.05) is 0 Å². The minimum absolute atomic E-state index is 0.161. The monoisotopic (exact) mass is 176 g/mol. The quantitative estimate of drug-likeness (QED) is 0.486. The number of halogens is 1. The van der Waals surface area contributed by atoms with E-state index in [2.05, 4.69) is 6.92 Å². The van der Waals surface area contributed by atoms with Gasteiger partial charge in [-0.05, 0) is 25.7 Å². The predicted molar refractivity (Wildman–Crippen MR) is 43.6 cm³/mol. The van der Waals surface area contributed by atoms with Crippen molar-refractivity contribution >= 4 is 17.6 Å². The molecule has 0 aromatic carbocycles. The first-order valence-corrected chi connectivity index (χ1v) is 4.43. The van der Waals surface area contributed by atoms with Gasteiger partial charge in [0.1, 0.15) is 11.5 Å². The standard InChI is InChI=1S/C8H13ClO2/c1-3-6-4-7(6)11-8(10)5(2)9/h5-7H,3-4H2,1-2H3. The van der Waals surface area contributed by atoms with Gasteiger partial charge in [0.15, 0.2) is 0 Å². The first-order valence-electron chi connectivity index (χ1n) is 3.99. The highest BCUT2D eigenvalue weighted by molar-refractivity contribution is 6.29. The van der Waals surface area contributed by atoms with Crippen LogP contribution in [0.2, 0.25) is 0 Å². The van der Waals surface area contributed by atoms with Gasteiger partial charge in [-0.15, -0.1) is 11.6 Å². The summed E-state index contributed by atoms with van der Waals surface area (Å²) >= 11 is 5.52. The predicted octanol–water partition coefficient (Wildman–Crippen LogP) is 1.96. The van der Waals surface area contributed by atoms with Gasteiger partial charge in [0.25, 0.3) is 0 Å². The lowest BCUT2D eigenvalue weighted by Gasteiger charge is -2.03. The summed E-state index contributed by atoms with van der Waals surface area (Å²) in [5.74, 6) is 0.307. The molecular formula is C8H13ClO2. The fourth-order valence-corrected chi connectivity index (χ4v) is 1.09. The Morgan fingerprint density at radius 1 is 1.82 bits per heavy atom. The zero-order valence-electron chi connectivity index (χ0n) is 6.84. The number of ether oxygens (including phenoxy) is 1. The summed E-state index contributed by atoms with van der Waals surface area (Å²) in [5, 5.41) is -0.506. The maximum Gasteiger partial charge on any atom is 0.324 e. The maximum atomic E-state index is 10.9. The molecule has 0 amide bonds. The van der Waals surface area contributed by atoms with E-state index < -0.39 is 5.38 Å². The number of carbonyl (C=O) groups excluding carboxylic acids is 1. The summed E-state index contributed by atoms with van der Waals surface area (Å²) in [6.07, 6.45) is 2.27. The molecule has 1 fully saturated rings. The van der Waals surface area contributed by atoms with Crippen LogP contribution in [0.25, 0.3) is 0 Å². The van der Waals surface area contributed by atoms with Gasteiger partial charge in [-0.3, -0.25) is 4.79 Å². The van der Waals surface area contributed by atoms with Crippen LogP contribution in [0.1, 0.15) is 26.7 Å². The Morgan fingerprint density at radius 3 is 2.82 bits per heavy atom. The summed E-state index contributed by atoms with van der Waals surface area (Å²) in [6, 6.07) is 0. The minimum Gasteiger partial charge on any atom is -0.461 e. The smallest absolute Gasteiger partial charge is 0.324 e. The Kier molecular flexibility index (Phi) is 2.77. The van der Waals surface area contributed by atoms with Crippen molar-refractivity contribution in [3.8, 4) is 0 Å². The molecule has 0 radical (unpaired) electrons. The number of hydrogen-bond donors (Lipinski definition) is 0. The molecule has 0 aliphatic heterocycles. The zero-order chi connectivity index (χ0) is 8.43. The molecule has 0 saturated heterocycles. The molecule has 0 aromatic heterocycles. The molecule has 0 spiro atoms. The highest BCUT2D eigenvalue weighted by atomic mass is 35.5. The highest BCUT2D eigenvalue weighted by Crippen LogP contribution is 2.36. The minimum atomic E-state index is -0.506. The molecule has 3 unspecified atom stereocenters. The van der Waals surface area contributed by atoms with Crippen molar-refractivity contribution in [3.05, 3.63) is 0 Å². The van der Waals surface area contributed by atoms with Gasteiger partial charge in [-0.1, -0.05) is 6.92 Å². The van der Waals surface area contributed by atoms with E-state index in [1.165, 1.54) is 0 Å². The van der Waals surface area contributed by atoms with Gasteiger partial charge < -0.3 is 4.74 Å². The fourth-order valence-electron chi connectivity index (χ4n) is 1.04. The SMILES string of the molecule is CCC1CC1OC(=O)C(C)Cl. The van der Waals surface area contributed by atoms with Crippen LogP contribution >= 0.6 is 11.6 Å². The molecule has 64 valence electrons. The van der Waals surface area contributed by atoms with Gasteiger partial charge in [-0.2, -0.15) is 0 Å². The van der Waals surface area contributed by atoms with E-state index in [9.17, 15) is 4.79 Å². The highest BCUT2D eigenvalue weighted by Gasteiger charge is 2.39. The average Bonchev–Trinajstić information content (AvgIpc) is 2.67. The third kappa shape index (κ3) is 2.37. The van der Waals surface area contributed by atoms with Crippen molar-refractivity contribution < 1.29 is 9.53 Å². The molecule has 0 bridgehead atoms. The van der Waals surface area contributed by atoms with Crippen LogP contribution in [-0.2, 0) is 9.53 Å². The van der Waals surface area contributed by atoms with Crippen LogP contribution in [-0.4, -0.2) is 17.5 Å². The van der Waals surface area contributed by atoms with Gasteiger partial charge >= 0.3 is 5.97 Å². The van der Waals surface area contributed by atoms with Crippen molar-refractivity contribution in [2.45, 2.75) is 38.2 Å². The van der Waals surface area contributed by atoms with Crippen molar-refractivity contribution in [2.24, 2.45) is 5.92 Å². The van der Waals surface area contributed by atoms with Crippen LogP contribution in [0.15, 0.2) is 0 Å². The second-order valence-corrected chi connectivity index (χ2v) is 3.65. The Bertz CT molecular complexity index is 156. The van der Waals surface area contributed by atoms with E-state index in [1.54, 1.807) is 6.92 Å². The topological polar surface area (TPSA) is 26.3 Å². The summed E-state index contributed by atoms with van der Waals surface area (Å²) in [7, 11) is 0. The van der Waals surface area contributed by atoms with Crippen LogP contribution in [0, 0.1) is 5.92 Å². The zero-order valence-corrected chi connectivity index (χ0v) is 7.60. The molecule has 1 rings (SSSR count). The van der Waals surface area contributed by atoms with E-state index in [0.29, 0.717) is 5.92 Å². The Labute approximate surface area is 71.9 Å². The molecule has 3 heteroatoms. The van der Waals surface area contributed by atoms with Crippen LogP contribution in [0.3, 0.4) is 0 Å². The van der Waals surface area contributed by atoms with Gasteiger partial charge in [-0.25, -0.2) is 0 Å². The lowest BCUT2D eigenvalue weighted by molar-refractivity contribution is -0.144. The number of esters is 1. The second-order valence-electron chi connectivity index (χ2n) is 3.00. The van der Waals surface area contributed by atoms with E-state index in [4.69, 9.17) is 16.3 Å². The van der Waals surface area contributed by atoms with Crippen molar-refractivity contribution in [1.29, 1.82) is 0 Å². The normalized spacial score (nSPS) is 31.2. The molecule has 0 aromatic rings.